The van der Waals surface area contributed by atoms with Gasteiger partial charge in [0, 0.05) is 50.1 Å². The zero-order valence-electron chi connectivity index (χ0n) is 31.3. The number of aryl methyl sites for hydroxylation is 2. The Hall–Kier alpha value is -4.06. The summed E-state index contributed by atoms with van der Waals surface area (Å²) in [5, 5.41) is 10.5. The number of fused-ring (bicyclic) bond motifs is 4. The summed E-state index contributed by atoms with van der Waals surface area (Å²) >= 11 is 7.87. The van der Waals surface area contributed by atoms with Crippen LogP contribution in [0.25, 0.3) is 83.5 Å². The molecule has 54 heavy (non-hydrogen) atoms. The van der Waals surface area contributed by atoms with E-state index in [9.17, 15) is 0 Å². The number of unbranched alkanes of at least 4 members (excludes halogenated alkanes) is 6. The third kappa shape index (κ3) is 7.10. The molecule has 0 atom stereocenters. The summed E-state index contributed by atoms with van der Waals surface area (Å²) < 4.78 is 0. The van der Waals surface area contributed by atoms with Gasteiger partial charge in [-0.1, -0.05) is 101 Å². The zero-order chi connectivity index (χ0) is 36.4. The van der Waals surface area contributed by atoms with Gasteiger partial charge in [-0.2, -0.15) is 0 Å². The summed E-state index contributed by atoms with van der Waals surface area (Å²) in [6.45, 7) is 4.58. The van der Waals surface area contributed by atoms with E-state index in [2.05, 4.69) is 135 Å². The maximum absolute atomic E-state index is 2.47. The number of hydrogen-bond donors (Lipinski definition) is 0. The maximum atomic E-state index is 2.47. The normalized spacial score (nSPS) is 11.9. The summed E-state index contributed by atoms with van der Waals surface area (Å²) in [6.07, 6.45) is 12.8. The van der Waals surface area contributed by atoms with Crippen LogP contribution in [0.3, 0.4) is 0 Å². The topological polar surface area (TPSA) is 0 Å². The fourth-order valence-corrected chi connectivity index (χ4v) is 12.5. The fourth-order valence-electron chi connectivity index (χ4n) is 8.08. The SMILES string of the molecule is CCCCCCc1ccc(-c2ccc(-c3c4cc5ccccc5cc4c(-c4ccc(-c5ccc(CCCCCC)s5)s4)c4cc5ccccc5cc34)s2)s1. The van der Waals surface area contributed by atoms with Crippen molar-refractivity contribution in [1.29, 1.82) is 0 Å². The van der Waals surface area contributed by atoms with E-state index in [1.54, 1.807) is 0 Å². The van der Waals surface area contributed by atoms with Crippen molar-refractivity contribution in [2.45, 2.75) is 78.1 Å². The molecule has 0 radical (unpaired) electrons. The van der Waals surface area contributed by atoms with Gasteiger partial charge in [0.2, 0.25) is 0 Å². The van der Waals surface area contributed by atoms with E-state index in [1.807, 2.05) is 45.3 Å². The largest absolute Gasteiger partial charge is 0.139 e. The van der Waals surface area contributed by atoms with E-state index in [0.29, 0.717) is 0 Å². The van der Waals surface area contributed by atoms with Crippen LogP contribution < -0.4 is 0 Å². The maximum Gasteiger partial charge on any atom is 0.0449 e. The summed E-state index contributed by atoms with van der Waals surface area (Å²) in [5.74, 6) is 0. The number of thiophene rings is 4. The second kappa shape index (κ2) is 16.0. The lowest BCUT2D eigenvalue weighted by atomic mass is 9.87. The molecule has 9 aromatic rings. The van der Waals surface area contributed by atoms with E-state index < -0.39 is 0 Å². The molecule has 5 aromatic carbocycles. The molecular formula is C50H46S4. The lowest BCUT2D eigenvalue weighted by molar-refractivity contribution is 0.670. The molecule has 0 aliphatic rings. The van der Waals surface area contributed by atoms with Crippen LogP contribution >= 0.6 is 45.3 Å². The smallest absolute Gasteiger partial charge is 0.0449 e. The molecule has 0 nitrogen and oxygen atoms in total. The van der Waals surface area contributed by atoms with E-state index >= 15 is 0 Å². The standard InChI is InChI=1S/C50H46S4/c1-3-5-7-9-19-37-21-23-43(51-37)45-25-27-47(53-45)49-39-29-33-15-11-13-17-35(33)31-41(39)50(42-32-36-18-14-12-16-34(36)30-40(42)49)48-28-26-46(54-48)44-24-22-38(52-44)20-10-8-6-4-2/h11-18,21-32H,3-10,19-20H2,1-2H3. The molecule has 270 valence electrons. The van der Waals surface area contributed by atoms with E-state index in [4.69, 9.17) is 0 Å². The predicted molar refractivity (Wildman–Crippen MR) is 245 cm³/mol. The molecule has 9 rings (SSSR count). The lowest BCUT2D eigenvalue weighted by Gasteiger charge is -2.18. The van der Waals surface area contributed by atoms with Gasteiger partial charge < -0.3 is 0 Å². The number of rotatable bonds is 14. The van der Waals surface area contributed by atoms with Gasteiger partial charge in [-0.05, 0) is 142 Å². The van der Waals surface area contributed by atoms with Gasteiger partial charge >= 0.3 is 0 Å². The molecule has 0 saturated heterocycles. The Morgan fingerprint density at radius 2 is 0.667 bits per heavy atom. The van der Waals surface area contributed by atoms with Crippen LogP contribution in [0.4, 0.5) is 0 Å². The second-order valence-electron chi connectivity index (χ2n) is 14.7. The molecule has 4 heteroatoms. The van der Waals surface area contributed by atoms with Crippen molar-refractivity contribution < 1.29 is 0 Å². The quantitative estimate of drug-likeness (QED) is 0.0762. The monoisotopic (exact) mass is 774 g/mol. The molecule has 0 amide bonds. The first-order valence-corrected chi connectivity index (χ1v) is 23.1. The van der Waals surface area contributed by atoms with Crippen molar-refractivity contribution >= 4 is 88.4 Å². The lowest BCUT2D eigenvalue weighted by Crippen LogP contribution is -1.90. The average molecular weight is 775 g/mol. The molecular weight excluding hydrogens is 729 g/mol. The van der Waals surface area contributed by atoms with Gasteiger partial charge in [0.25, 0.3) is 0 Å². The van der Waals surface area contributed by atoms with Crippen LogP contribution in [0.1, 0.15) is 75.0 Å². The summed E-state index contributed by atoms with van der Waals surface area (Å²) in [6, 6.07) is 46.6. The van der Waals surface area contributed by atoms with Gasteiger partial charge in [-0.3, -0.25) is 0 Å². The van der Waals surface area contributed by atoms with Crippen molar-refractivity contribution in [3.63, 3.8) is 0 Å². The second-order valence-corrected chi connectivity index (χ2v) is 19.2. The van der Waals surface area contributed by atoms with Crippen molar-refractivity contribution in [2.75, 3.05) is 0 Å². The molecule has 0 saturated carbocycles. The van der Waals surface area contributed by atoms with Crippen LogP contribution in [0, 0.1) is 0 Å². The Kier molecular flexibility index (Phi) is 10.5. The third-order valence-corrected chi connectivity index (χ3v) is 15.8. The van der Waals surface area contributed by atoms with Crippen LogP contribution in [-0.4, -0.2) is 0 Å². The first-order valence-electron chi connectivity index (χ1n) is 19.9. The van der Waals surface area contributed by atoms with Crippen molar-refractivity contribution in [2.24, 2.45) is 0 Å². The average Bonchev–Trinajstić information content (AvgIpc) is 4.04. The number of benzene rings is 5. The first-order chi connectivity index (χ1) is 26.7. The van der Waals surface area contributed by atoms with Crippen molar-refractivity contribution in [3.05, 3.63) is 131 Å². The molecule has 0 N–H and O–H groups in total. The summed E-state index contributed by atoms with van der Waals surface area (Å²) in [7, 11) is 0. The molecule has 0 aliphatic carbocycles. The number of hydrogen-bond acceptors (Lipinski definition) is 4. The van der Waals surface area contributed by atoms with E-state index in [0.717, 1.165) is 0 Å². The van der Waals surface area contributed by atoms with Gasteiger partial charge in [0.1, 0.15) is 0 Å². The third-order valence-electron chi connectivity index (χ3n) is 10.9. The highest BCUT2D eigenvalue weighted by Gasteiger charge is 2.21. The predicted octanol–water partition coefficient (Wildman–Crippen LogP) is 17.5. The minimum atomic E-state index is 1.19. The molecule has 0 aliphatic heterocycles. The highest BCUT2D eigenvalue weighted by atomic mass is 32.1. The zero-order valence-corrected chi connectivity index (χ0v) is 34.5. The highest BCUT2D eigenvalue weighted by Crippen LogP contribution is 2.50. The summed E-state index contributed by atoms with van der Waals surface area (Å²) in [4.78, 5) is 11.2. The molecule has 0 fully saturated rings. The van der Waals surface area contributed by atoms with Gasteiger partial charge in [-0.15, -0.1) is 45.3 Å². The Morgan fingerprint density at radius 1 is 0.333 bits per heavy atom. The Bertz CT molecular complexity index is 2430. The highest BCUT2D eigenvalue weighted by molar-refractivity contribution is 7.24. The van der Waals surface area contributed by atoms with Crippen LogP contribution in [0.2, 0.25) is 0 Å². The van der Waals surface area contributed by atoms with Gasteiger partial charge in [0.05, 0.1) is 0 Å². The molecule has 0 spiro atoms. The summed E-state index contributed by atoms with van der Waals surface area (Å²) in [5.41, 5.74) is 2.71. The van der Waals surface area contributed by atoms with Crippen LogP contribution in [-0.2, 0) is 12.8 Å². The van der Waals surface area contributed by atoms with Crippen LogP contribution in [0.5, 0.6) is 0 Å². The van der Waals surface area contributed by atoms with Gasteiger partial charge in [-0.25, -0.2) is 0 Å². The Morgan fingerprint density at radius 3 is 1.04 bits per heavy atom. The molecule has 0 bridgehead atoms. The van der Waals surface area contributed by atoms with Gasteiger partial charge in [0.15, 0.2) is 0 Å². The molecule has 4 heterocycles. The minimum absolute atomic E-state index is 1.19. The first kappa shape index (κ1) is 35.6. The Labute approximate surface area is 335 Å². The molecule has 4 aromatic heterocycles. The van der Waals surface area contributed by atoms with Crippen molar-refractivity contribution in [1.82, 2.24) is 0 Å². The minimum Gasteiger partial charge on any atom is -0.139 e. The van der Waals surface area contributed by atoms with E-state index in [1.165, 1.54) is 157 Å². The molecule has 0 unspecified atom stereocenters. The van der Waals surface area contributed by atoms with E-state index in [-0.39, 0.29) is 0 Å². The van der Waals surface area contributed by atoms with Crippen molar-refractivity contribution in [3.8, 4) is 40.4 Å². The fraction of sp³-hybridized carbons (Fsp3) is 0.240. The Balaban J connectivity index is 1.21. The van der Waals surface area contributed by atoms with Crippen LogP contribution in [0.15, 0.2) is 121 Å².